The maximum absolute atomic E-state index is 13.4. The predicted molar refractivity (Wildman–Crippen MR) is 109 cm³/mol. The van der Waals surface area contributed by atoms with E-state index in [0.29, 0.717) is 11.4 Å². The Bertz CT molecular complexity index is 1400. The van der Waals surface area contributed by atoms with Crippen LogP contribution in [0.5, 0.6) is 11.8 Å². The van der Waals surface area contributed by atoms with Gasteiger partial charge in [0.25, 0.3) is 11.1 Å². The van der Waals surface area contributed by atoms with Crippen molar-refractivity contribution in [3.8, 4) is 17.4 Å². The molecule has 0 aliphatic rings. The van der Waals surface area contributed by atoms with E-state index in [9.17, 15) is 14.4 Å². The first-order valence-corrected chi connectivity index (χ1v) is 8.91. The zero-order chi connectivity index (χ0) is 20.7. The molecule has 146 valence electrons. The molecule has 2 aromatic heterocycles. The van der Waals surface area contributed by atoms with Crippen molar-refractivity contribution in [1.29, 1.82) is 0 Å². The van der Waals surface area contributed by atoms with Crippen LogP contribution in [0.2, 0.25) is 0 Å². The molecule has 0 radical (unpaired) electrons. The van der Waals surface area contributed by atoms with Gasteiger partial charge in [-0.3, -0.25) is 18.7 Å². The molecule has 2 aromatic carbocycles. The molecular formula is C21H18N4O4. The van der Waals surface area contributed by atoms with Crippen molar-refractivity contribution in [2.24, 2.45) is 14.1 Å². The van der Waals surface area contributed by atoms with Gasteiger partial charge in [-0.2, -0.15) is 4.98 Å². The number of ether oxygens (including phenoxy) is 1. The molecule has 0 N–H and O–H groups in total. The molecule has 0 atom stereocenters. The minimum atomic E-state index is -0.701. The molecule has 8 nitrogen and oxygen atoms in total. The fourth-order valence-electron chi connectivity index (χ4n) is 3.07. The molecule has 0 aliphatic carbocycles. The smallest absolute Gasteiger partial charge is 0.332 e. The lowest BCUT2D eigenvalue weighted by molar-refractivity contribution is 0.426. The SMILES string of the molecule is Cc1ccc(-n2c(Oc3ccccc3)nc3c(c2=O)c(=O)n(C)c(=O)n3C)cc1. The Labute approximate surface area is 164 Å². The molecular weight excluding hydrogens is 372 g/mol. The second-order valence-electron chi connectivity index (χ2n) is 6.69. The second-order valence-corrected chi connectivity index (χ2v) is 6.69. The lowest BCUT2D eigenvalue weighted by atomic mass is 10.2. The van der Waals surface area contributed by atoms with E-state index < -0.39 is 16.8 Å². The molecule has 0 unspecified atom stereocenters. The third-order valence-corrected chi connectivity index (χ3v) is 4.69. The van der Waals surface area contributed by atoms with Crippen LogP contribution in [0.25, 0.3) is 16.7 Å². The van der Waals surface area contributed by atoms with Crippen molar-refractivity contribution in [2.75, 3.05) is 0 Å². The van der Waals surface area contributed by atoms with Gasteiger partial charge in [0.15, 0.2) is 5.65 Å². The van der Waals surface area contributed by atoms with E-state index in [1.165, 1.54) is 18.7 Å². The van der Waals surface area contributed by atoms with E-state index in [1.807, 2.05) is 25.1 Å². The third kappa shape index (κ3) is 3.04. The van der Waals surface area contributed by atoms with Gasteiger partial charge in [0, 0.05) is 14.1 Å². The molecule has 0 bridgehead atoms. The van der Waals surface area contributed by atoms with Crippen LogP contribution in [0.4, 0.5) is 0 Å². The van der Waals surface area contributed by atoms with Crippen molar-refractivity contribution in [1.82, 2.24) is 18.7 Å². The van der Waals surface area contributed by atoms with Crippen LogP contribution < -0.4 is 21.5 Å². The molecule has 8 heteroatoms. The summed E-state index contributed by atoms with van der Waals surface area (Å²) in [6, 6.07) is 16.0. The van der Waals surface area contributed by atoms with Gasteiger partial charge in [0.1, 0.15) is 11.1 Å². The first-order chi connectivity index (χ1) is 13.9. The summed E-state index contributed by atoms with van der Waals surface area (Å²) < 4.78 is 9.17. The number of nitrogens with zero attached hydrogens (tertiary/aromatic N) is 4. The van der Waals surface area contributed by atoms with Crippen LogP contribution in [-0.4, -0.2) is 18.7 Å². The van der Waals surface area contributed by atoms with Gasteiger partial charge in [-0.15, -0.1) is 0 Å². The second kappa shape index (κ2) is 6.90. The first kappa shape index (κ1) is 18.4. The van der Waals surface area contributed by atoms with Crippen LogP contribution in [0, 0.1) is 6.92 Å². The Hall–Kier alpha value is -3.94. The zero-order valence-electron chi connectivity index (χ0n) is 16.1. The average Bonchev–Trinajstić information content (AvgIpc) is 2.72. The van der Waals surface area contributed by atoms with Crippen molar-refractivity contribution in [3.05, 3.63) is 91.4 Å². The van der Waals surface area contributed by atoms with E-state index in [0.717, 1.165) is 14.7 Å². The largest absolute Gasteiger partial charge is 0.425 e. The topological polar surface area (TPSA) is 88.1 Å². The van der Waals surface area contributed by atoms with Crippen LogP contribution in [0.15, 0.2) is 69.0 Å². The molecule has 0 saturated heterocycles. The highest BCUT2D eigenvalue weighted by atomic mass is 16.5. The number of aromatic nitrogens is 4. The Balaban J connectivity index is 2.12. The Kier molecular flexibility index (Phi) is 4.38. The van der Waals surface area contributed by atoms with E-state index in [2.05, 4.69) is 4.98 Å². The summed E-state index contributed by atoms with van der Waals surface area (Å²) >= 11 is 0. The molecule has 0 spiro atoms. The highest BCUT2D eigenvalue weighted by Gasteiger charge is 2.20. The number of hydrogen-bond donors (Lipinski definition) is 0. The van der Waals surface area contributed by atoms with Gasteiger partial charge < -0.3 is 4.74 Å². The molecule has 0 saturated carbocycles. The normalized spacial score (nSPS) is 11.0. The summed E-state index contributed by atoms with van der Waals surface area (Å²) in [6.07, 6.45) is 0. The average molecular weight is 390 g/mol. The maximum Gasteiger partial charge on any atom is 0.332 e. The van der Waals surface area contributed by atoms with Gasteiger partial charge >= 0.3 is 11.7 Å². The molecule has 4 aromatic rings. The van der Waals surface area contributed by atoms with E-state index in [4.69, 9.17) is 4.74 Å². The summed E-state index contributed by atoms with van der Waals surface area (Å²) in [4.78, 5) is 42.8. The third-order valence-electron chi connectivity index (χ3n) is 4.69. The molecule has 0 amide bonds. The number of hydrogen-bond acceptors (Lipinski definition) is 5. The van der Waals surface area contributed by atoms with Gasteiger partial charge in [-0.25, -0.2) is 9.36 Å². The van der Waals surface area contributed by atoms with E-state index in [-0.39, 0.29) is 17.0 Å². The number of para-hydroxylation sites is 1. The molecule has 0 fully saturated rings. The summed E-state index contributed by atoms with van der Waals surface area (Å²) in [5.41, 5.74) is -0.407. The lowest BCUT2D eigenvalue weighted by Crippen LogP contribution is -2.41. The Morgan fingerprint density at radius 3 is 2.14 bits per heavy atom. The molecule has 0 aliphatic heterocycles. The van der Waals surface area contributed by atoms with Crippen molar-refractivity contribution in [2.45, 2.75) is 6.92 Å². The van der Waals surface area contributed by atoms with Crippen molar-refractivity contribution in [3.63, 3.8) is 0 Å². The number of fused-ring (bicyclic) bond motifs is 1. The minimum absolute atomic E-state index is 0.0302. The van der Waals surface area contributed by atoms with Crippen molar-refractivity contribution < 1.29 is 4.74 Å². The maximum atomic E-state index is 13.4. The van der Waals surface area contributed by atoms with Crippen LogP contribution in [0.1, 0.15) is 5.56 Å². The Morgan fingerprint density at radius 1 is 0.828 bits per heavy atom. The van der Waals surface area contributed by atoms with Crippen LogP contribution in [0.3, 0.4) is 0 Å². The van der Waals surface area contributed by atoms with Crippen LogP contribution in [-0.2, 0) is 14.1 Å². The number of aryl methyl sites for hydroxylation is 2. The summed E-state index contributed by atoms with van der Waals surface area (Å²) in [5, 5.41) is -0.185. The molecule has 29 heavy (non-hydrogen) atoms. The monoisotopic (exact) mass is 390 g/mol. The fraction of sp³-hybridized carbons (Fsp3) is 0.143. The van der Waals surface area contributed by atoms with E-state index >= 15 is 0 Å². The Morgan fingerprint density at radius 2 is 1.48 bits per heavy atom. The first-order valence-electron chi connectivity index (χ1n) is 8.91. The number of benzene rings is 2. The summed E-state index contributed by atoms with van der Waals surface area (Å²) in [5.74, 6) is 0.466. The summed E-state index contributed by atoms with van der Waals surface area (Å²) in [7, 11) is 2.78. The van der Waals surface area contributed by atoms with Gasteiger partial charge in [0.05, 0.1) is 5.69 Å². The highest BCUT2D eigenvalue weighted by Crippen LogP contribution is 2.22. The quantitative estimate of drug-likeness (QED) is 0.533. The standard InChI is InChI=1S/C21H18N4O4/c1-13-9-11-14(12-10-13)25-19(27)16-17(23(2)21(28)24(3)18(16)26)22-20(25)29-15-7-5-4-6-8-15/h4-12H,1-3H3. The highest BCUT2D eigenvalue weighted by molar-refractivity contribution is 5.73. The van der Waals surface area contributed by atoms with Gasteiger partial charge in [-0.05, 0) is 31.2 Å². The molecule has 2 heterocycles. The van der Waals surface area contributed by atoms with Gasteiger partial charge in [0.2, 0.25) is 0 Å². The van der Waals surface area contributed by atoms with E-state index in [1.54, 1.807) is 36.4 Å². The lowest BCUT2D eigenvalue weighted by Gasteiger charge is -2.15. The zero-order valence-corrected chi connectivity index (χ0v) is 16.1. The molecule has 4 rings (SSSR count). The minimum Gasteiger partial charge on any atom is -0.425 e. The fourth-order valence-corrected chi connectivity index (χ4v) is 3.07. The number of rotatable bonds is 3. The summed E-state index contributed by atoms with van der Waals surface area (Å²) in [6.45, 7) is 1.93. The van der Waals surface area contributed by atoms with Gasteiger partial charge in [-0.1, -0.05) is 35.9 Å². The predicted octanol–water partition coefficient (Wildman–Crippen LogP) is 1.88. The van der Waals surface area contributed by atoms with Crippen LogP contribution >= 0.6 is 0 Å². The van der Waals surface area contributed by atoms with Crippen molar-refractivity contribution >= 4 is 11.0 Å².